The molecule has 2 aromatic rings. The lowest BCUT2D eigenvalue weighted by Crippen LogP contribution is -2.20. The molecule has 0 saturated heterocycles. The van der Waals surface area contributed by atoms with Gasteiger partial charge >= 0.3 is 6.18 Å². The Morgan fingerprint density at radius 3 is 2.61 bits per heavy atom. The maximum atomic E-state index is 12.5. The number of nitrogens with one attached hydrogen (secondary N) is 1. The molecule has 2 rings (SSSR count). The number of carbonyl (C=O) groups is 1. The Bertz CT molecular complexity index is 616. The first-order valence-corrected chi connectivity index (χ1v) is 5.13. The lowest BCUT2D eigenvalue weighted by atomic mass is 10.2. The van der Waals surface area contributed by atoms with Crippen molar-refractivity contribution < 1.29 is 18.0 Å². The summed E-state index contributed by atoms with van der Waals surface area (Å²) in [6.45, 7) is 2.92. The number of carbonyl (C=O) groups excluding carboxylic acids is 1. The van der Waals surface area contributed by atoms with Gasteiger partial charge in [-0.15, -0.1) is 0 Å². The highest BCUT2D eigenvalue weighted by molar-refractivity contribution is 5.85. The van der Waals surface area contributed by atoms with Crippen LogP contribution < -0.4 is 5.43 Å². The highest BCUT2D eigenvalue weighted by Crippen LogP contribution is 2.31. The quantitative estimate of drug-likeness (QED) is 0.853. The average Bonchev–Trinajstić information content (AvgIpc) is 2.53. The van der Waals surface area contributed by atoms with Gasteiger partial charge in [-0.3, -0.25) is 10.2 Å². The monoisotopic (exact) mass is 257 g/mol. The van der Waals surface area contributed by atoms with Gasteiger partial charge in [0, 0.05) is 6.92 Å². The molecule has 0 saturated carbocycles. The Hall–Kier alpha value is -2.05. The predicted octanol–water partition coefficient (Wildman–Crippen LogP) is 2.45. The maximum Gasteiger partial charge on any atom is 0.416 e. The van der Waals surface area contributed by atoms with Gasteiger partial charge in [-0.1, -0.05) is 0 Å². The molecule has 0 fully saturated rings. The zero-order chi connectivity index (χ0) is 13.5. The minimum absolute atomic E-state index is 0.191. The number of rotatable bonds is 1. The van der Waals surface area contributed by atoms with Crippen molar-refractivity contribution in [2.24, 2.45) is 0 Å². The van der Waals surface area contributed by atoms with Gasteiger partial charge in [0.2, 0.25) is 5.91 Å². The number of imidazole rings is 1. The summed E-state index contributed by atoms with van der Waals surface area (Å²) >= 11 is 0. The molecule has 96 valence electrons. The molecule has 0 atom stereocenters. The summed E-state index contributed by atoms with van der Waals surface area (Å²) in [4.78, 5) is 15.0. The number of aryl methyl sites for hydroxylation is 1. The number of halogens is 3. The molecular weight excluding hydrogens is 247 g/mol. The lowest BCUT2D eigenvalue weighted by molar-refractivity contribution is -0.137. The fourth-order valence-corrected chi connectivity index (χ4v) is 1.68. The molecule has 0 aliphatic carbocycles. The van der Waals surface area contributed by atoms with E-state index in [9.17, 15) is 18.0 Å². The fourth-order valence-electron chi connectivity index (χ4n) is 1.68. The van der Waals surface area contributed by atoms with Crippen LogP contribution in [-0.4, -0.2) is 15.6 Å². The van der Waals surface area contributed by atoms with E-state index in [2.05, 4.69) is 10.4 Å². The number of aromatic nitrogens is 2. The van der Waals surface area contributed by atoms with Crippen LogP contribution in [0.1, 0.15) is 18.3 Å². The number of hydrogen-bond donors (Lipinski definition) is 1. The van der Waals surface area contributed by atoms with Gasteiger partial charge in [0.1, 0.15) is 5.82 Å². The van der Waals surface area contributed by atoms with Gasteiger partial charge in [0.15, 0.2) is 0 Å². The predicted molar refractivity (Wildman–Crippen MR) is 59.5 cm³/mol. The summed E-state index contributed by atoms with van der Waals surface area (Å²) in [7, 11) is 0. The largest absolute Gasteiger partial charge is 0.416 e. The van der Waals surface area contributed by atoms with Crippen LogP contribution >= 0.6 is 0 Å². The fraction of sp³-hybridized carbons (Fsp3) is 0.273. The summed E-state index contributed by atoms with van der Waals surface area (Å²) in [5.41, 5.74) is 2.34. The standard InChI is InChI=1S/C11H10F3N3O/c1-6-15-9-5-8(11(12,13)14)3-4-10(9)17(6)16-7(2)18/h3-5H,1-2H3,(H,16,18). The molecule has 1 amide bonds. The van der Waals surface area contributed by atoms with Crippen molar-refractivity contribution in [3.05, 3.63) is 29.6 Å². The Labute approximate surface area is 100 Å². The third-order valence-corrected chi connectivity index (χ3v) is 2.42. The van der Waals surface area contributed by atoms with Gasteiger partial charge in [-0.25, -0.2) is 9.66 Å². The minimum Gasteiger partial charge on any atom is -0.274 e. The van der Waals surface area contributed by atoms with Crippen LogP contribution in [0.15, 0.2) is 18.2 Å². The van der Waals surface area contributed by atoms with Crippen molar-refractivity contribution in [3.63, 3.8) is 0 Å². The van der Waals surface area contributed by atoms with E-state index in [1.54, 1.807) is 6.92 Å². The maximum absolute atomic E-state index is 12.5. The second-order valence-corrected chi connectivity index (χ2v) is 3.86. The van der Waals surface area contributed by atoms with E-state index in [1.807, 2.05) is 0 Å². The molecular formula is C11H10F3N3O. The van der Waals surface area contributed by atoms with Gasteiger partial charge in [-0.05, 0) is 25.1 Å². The van der Waals surface area contributed by atoms with Crippen LogP contribution in [0.25, 0.3) is 11.0 Å². The molecule has 18 heavy (non-hydrogen) atoms. The second-order valence-electron chi connectivity index (χ2n) is 3.86. The van der Waals surface area contributed by atoms with Crippen LogP contribution in [0, 0.1) is 6.92 Å². The first-order chi connectivity index (χ1) is 8.29. The smallest absolute Gasteiger partial charge is 0.274 e. The van der Waals surface area contributed by atoms with E-state index >= 15 is 0 Å². The number of fused-ring (bicyclic) bond motifs is 1. The molecule has 1 aromatic carbocycles. The van der Waals surface area contributed by atoms with Crippen LogP contribution in [-0.2, 0) is 11.0 Å². The van der Waals surface area contributed by atoms with Crippen LogP contribution in [0.2, 0.25) is 0 Å². The van der Waals surface area contributed by atoms with Gasteiger partial charge in [0.05, 0.1) is 16.6 Å². The number of alkyl halides is 3. The molecule has 4 nitrogen and oxygen atoms in total. The Balaban J connectivity index is 2.58. The van der Waals surface area contributed by atoms with Gasteiger partial charge < -0.3 is 0 Å². The van der Waals surface area contributed by atoms with Gasteiger partial charge in [-0.2, -0.15) is 13.2 Å². The van der Waals surface area contributed by atoms with Crippen molar-refractivity contribution in [3.8, 4) is 0 Å². The molecule has 1 heterocycles. The molecule has 7 heteroatoms. The third kappa shape index (κ3) is 2.15. The molecule has 0 bridgehead atoms. The highest BCUT2D eigenvalue weighted by atomic mass is 19.4. The van der Waals surface area contributed by atoms with Crippen molar-refractivity contribution in [1.82, 2.24) is 9.66 Å². The molecule has 0 spiro atoms. The van der Waals surface area contributed by atoms with Gasteiger partial charge in [0.25, 0.3) is 0 Å². The Kier molecular flexibility index (Phi) is 2.76. The summed E-state index contributed by atoms with van der Waals surface area (Å²) in [6, 6.07) is 3.20. The van der Waals surface area contributed by atoms with Crippen molar-refractivity contribution in [1.29, 1.82) is 0 Å². The van der Waals surface area contributed by atoms with Crippen molar-refractivity contribution in [2.75, 3.05) is 5.43 Å². The first kappa shape index (κ1) is 12.4. The first-order valence-electron chi connectivity index (χ1n) is 5.13. The summed E-state index contributed by atoms with van der Waals surface area (Å²) < 4.78 is 38.9. The molecule has 0 unspecified atom stereocenters. The number of hydrogen-bond acceptors (Lipinski definition) is 2. The summed E-state index contributed by atoms with van der Waals surface area (Å²) in [5.74, 6) is 0.0943. The van der Waals surface area contributed by atoms with Crippen molar-refractivity contribution in [2.45, 2.75) is 20.0 Å². The normalized spacial score (nSPS) is 11.8. The molecule has 0 aliphatic heterocycles. The van der Waals surface area contributed by atoms with E-state index in [1.165, 1.54) is 17.7 Å². The zero-order valence-corrected chi connectivity index (χ0v) is 9.67. The Morgan fingerprint density at radius 1 is 1.39 bits per heavy atom. The van der Waals surface area contributed by atoms with E-state index in [0.29, 0.717) is 11.3 Å². The third-order valence-electron chi connectivity index (χ3n) is 2.42. The number of benzene rings is 1. The van der Waals surface area contributed by atoms with E-state index in [4.69, 9.17) is 0 Å². The highest BCUT2D eigenvalue weighted by Gasteiger charge is 2.31. The number of nitrogens with zero attached hydrogens (tertiary/aromatic N) is 2. The van der Waals surface area contributed by atoms with E-state index < -0.39 is 11.7 Å². The summed E-state index contributed by atoms with van der Waals surface area (Å²) in [5, 5.41) is 0. The Morgan fingerprint density at radius 2 is 2.06 bits per heavy atom. The molecule has 0 radical (unpaired) electrons. The van der Waals surface area contributed by atoms with Crippen molar-refractivity contribution >= 4 is 16.9 Å². The topological polar surface area (TPSA) is 46.9 Å². The lowest BCUT2D eigenvalue weighted by Gasteiger charge is -2.08. The second kappa shape index (κ2) is 4.01. The van der Waals surface area contributed by atoms with E-state index in [-0.39, 0.29) is 11.4 Å². The molecule has 1 aromatic heterocycles. The molecule has 1 N–H and O–H groups in total. The average molecular weight is 257 g/mol. The minimum atomic E-state index is -4.40. The molecule has 0 aliphatic rings. The number of amides is 1. The zero-order valence-electron chi connectivity index (χ0n) is 9.67. The van der Waals surface area contributed by atoms with E-state index in [0.717, 1.165) is 12.1 Å². The SMILES string of the molecule is CC(=O)Nn1c(C)nc2cc(C(F)(F)F)ccc21. The van der Waals surface area contributed by atoms with Crippen LogP contribution in [0.3, 0.4) is 0 Å². The summed E-state index contributed by atoms with van der Waals surface area (Å²) in [6.07, 6.45) is -4.40. The van der Waals surface area contributed by atoms with Crippen LogP contribution in [0.5, 0.6) is 0 Å². The van der Waals surface area contributed by atoms with Crippen LogP contribution in [0.4, 0.5) is 13.2 Å².